The van der Waals surface area contributed by atoms with E-state index in [1.807, 2.05) is 6.07 Å². The number of benzene rings is 1. The predicted molar refractivity (Wildman–Crippen MR) is 129 cm³/mol. The number of nitrogens with one attached hydrogen (secondary N) is 1. The Bertz CT molecular complexity index is 821. The molecule has 33 heavy (non-hydrogen) atoms. The lowest BCUT2D eigenvalue weighted by Gasteiger charge is -2.46. The van der Waals surface area contributed by atoms with Gasteiger partial charge in [-0.1, -0.05) is 38.2 Å². The molecule has 3 rings (SSSR count). The maximum Gasteiger partial charge on any atom is 0.329 e. The largest absolute Gasteiger partial charge is 0.480 e. The van der Waals surface area contributed by atoms with Crippen LogP contribution in [0.4, 0.5) is 11.4 Å². The first-order chi connectivity index (χ1) is 15.9. The lowest BCUT2D eigenvalue weighted by molar-refractivity contribution is -0.162. The number of amides is 1. The van der Waals surface area contributed by atoms with E-state index in [0.717, 1.165) is 38.5 Å². The topological polar surface area (TPSA) is 140 Å². The van der Waals surface area contributed by atoms with Crippen LogP contribution in [0.2, 0.25) is 0 Å². The van der Waals surface area contributed by atoms with Gasteiger partial charge in [-0.25, -0.2) is 9.79 Å². The van der Waals surface area contributed by atoms with E-state index in [2.05, 4.69) is 10.3 Å². The minimum absolute atomic E-state index is 0.0291. The van der Waals surface area contributed by atoms with E-state index in [4.69, 9.17) is 16.2 Å². The number of carbonyl (C=O) groups excluding carboxylic acids is 1. The van der Waals surface area contributed by atoms with E-state index < -0.39 is 5.97 Å². The maximum absolute atomic E-state index is 12.7. The zero-order valence-corrected chi connectivity index (χ0v) is 19.4. The number of carboxylic acid groups (broad SMARTS) is 1. The van der Waals surface area contributed by atoms with Crippen molar-refractivity contribution in [3.05, 3.63) is 24.3 Å². The zero-order valence-electron chi connectivity index (χ0n) is 19.4. The number of rotatable bonds is 8. The van der Waals surface area contributed by atoms with Gasteiger partial charge in [0.2, 0.25) is 5.91 Å². The monoisotopic (exact) mass is 458 g/mol. The molecule has 8 heteroatoms. The Morgan fingerprint density at radius 2 is 1.73 bits per heavy atom. The van der Waals surface area contributed by atoms with Gasteiger partial charge in [-0.3, -0.25) is 4.79 Å². The van der Waals surface area contributed by atoms with Crippen molar-refractivity contribution in [3.8, 4) is 0 Å². The van der Waals surface area contributed by atoms with Crippen LogP contribution in [-0.2, 0) is 14.3 Å². The third-order valence-electron chi connectivity index (χ3n) is 7.15. The quantitative estimate of drug-likeness (QED) is 0.338. The van der Waals surface area contributed by atoms with Crippen molar-refractivity contribution in [2.24, 2.45) is 28.3 Å². The molecule has 0 aliphatic heterocycles. The van der Waals surface area contributed by atoms with Crippen molar-refractivity contribution in [2.75, 3.05) is 11.9 Å². The Balaban J connectivity index is 1.57. The van der Waals surface area contributed by atoms with Crippen molar-refractivity contribution in [2.45, 2.75) is 82.7 Å². The number of nitrogens with zero attached hydrogens (tertiary/aromatic N) is 1. The van der Waals surface area contributed by atoms with Gasteiger partial charge in [0.15, 0.2) is 5.96 Å². The van der Waals surface area contributed by atoms with Gasteiger partial charge in [0.1, 0.15) is 6.61 Å². The van der Waals surface area contributed by atoms with Gasteiger partial charge in [-0.05, 0) is 68.6 Å². The summed E-state index contributed by atoms with van der Waals surface area (Å²) in [5.74, 6) is -0.304. The second-order valence-electron chi connectivity index (χ2n) is 9.57. The summed E-state index contributed by atoms with van der Waals surface area (Å²) in [6.45, 7) is -0.242. The molecule has 0 unspecified atom stereocenters. The number of guanidine groups is 1. The summed E-state index contributed by atoms with van der Waals surface area (Å²) in [7, 11) is 0. The van der Waals surface area contributed by atoms with Crippen LogP contribution in [0.3, 0.4) is 0 Å². The predicted octanol–water partition coefficient (Wildman–Crippen LogP) is 4.31. The molecule has 2 fully saturated rings. The van der Waals surface area contributed by atoms with Crippen LogP contribution in [-0.4, -0.2) is 35.2 Å². The average molecular weight is 459 g/mol. The summed E-state index contributed by atoms with van der Waals surface area (Å²) < 4.78 is 6.13. The lowest BCUT2D eigenvalue weighted by atomic mass is 9.68. The molecule has 8 nitrogen and oxygen atoms in total. The molecule has 0 heterocycles. The first-order valence-electron chi connectivity index (χ1n) is 12.2. The molecular formula is C25H38N4O4. The summed E-state index contributed by atoms with van der Waals surface area (Å²) in [5.41, 5.74) is 11.7. The molecular weight excluding hydrogens is 420 g/mol. The van der Waals surface area contributed by atoms with E-state index in [9.17, 15) is 14.7 Å². The highest BCUT2D eigenvalue weighted by Crippen LogP contribution is 2.45. The molecule has 2 saturated carbocycles. The second-order valence-corrected chi connectivity index (χ2v) is 9.57. The smallest absolute Gasteiger partial charge is 0.329 e. The first kappa shape index (κ1) is 25.0. The van der Waals surface area contributed by atoms with Gasteiger partial charge in [0, 0.05) is 12.1 Å². The van der Waals surface area contributed by atoms with Gasteiger partial charge in [0.25, 0.3) is 0 Å². The molecule has 182 valence electrons. The van der Waals surface area contributed by atoms with E-state index in [-0.39, 0.29) is 30.0 Å². The number of anilines is 1. The van der Waals surface area contributed by atoms with Crippen molar-refractivity contribution >= 4 is 29.2 Å². The normalized spacial score (nSPS) is 24.3. The van der Waals surface area contributed by atoms with E-state index in [0.29, 0.717) is 23.7 Å². The fraction of sp³-hybridized carbons (Fsp3) is 0.640. The lowest BCUT2D eigenvalue weighted by Crippen LogP contribution is -2.46. The Morgan fingerprint density at radius 1 is 1.06 bits per heavy atom. The number of aliphatic carboxylic acids is 1. The molecule has 1 aromatic carbocycles. The summed E-state index contributed by atoms with van der Waals surface area (Å²) in [5, 5.41) is 12.2. The highest BCUT2D eigenvalue weighted by molar-refractivity contribution is 5.91. The Morgan fingerprint density at radius 3 is 2.36 bits per heavy atom. The summed E-state index contributed by atoms with van der Waals surface area (Å²) in [6.07, 6.45) is 12.2. The van der Waals surface area contributed by atoms with Crippen molar-refractivity contribution in [1.29, 1.82) is 0 Å². The Hall–Kier alpha value is -2.61. The molecule has 0 radical (unpaired) electrons. The van der Waals surface area contributed by atoms with Gasteiger partial charge in [-0.2, -0.15) is 0 Å². The number of nitrogens with two attached hydrogens (primary N) is 2. The highest BCUT2D eigenvalue weighted by atomic mass is 16.5. The molecule has 0 spiro atoms. The first-order valence-corrected chi connectivity index (χ1v) is 12.2. The SMILES string of the molecule is NC(N)=Nc1cccc(NC(=O)CC2CCC(OCC(=O)O)(C3CCCCCCC3)CC2)c1. The van der Waals surface area contributed by atoms with Gasteiger partial charge < -0.3 is 26.6 Å². The average Bonchev–Trinajstić information content (AvgIpc) is 2.73. The molecule has 1 amide bonds. The van der Waals surface area contributed by atoms with Crippen LogP contribution in [0.1, 0.15) is 77.0 Å². The van der Waals surface area contributed by atoms with Crippen molar-refractivity contribution < 1.29 is 19.4 Å². The Labute approximate surface area is 196 Å². The van der Waals surface area contributed by atoms with Crippen LogP contribution in [0.5, 0.6) is 0 Å². The second kappa shape index (κ2) is 12.0. The van der Waals surface area contributed by atoms with Gasteiger partial charge >= 0.3 is 5.97 Å². The molecule has 0 saturated heterocycles. The van der Waals surface area contributed by atoms with Crippen LogP contribution < -0.4 is 16.8 Å². The third kappa shape index (κ3) is 7.74. The summed E-state index contributed by atoms with van der Waals surface area (Å²) in [4.78, 5) is 27.9. The molecule has 2 aliphatic rings. The van der Waals surface area contributed by atoms with Gasteiger partial charge in [0.05, 0.1) is 11.3 Å². The molecule has 1 aromatic rings. The van der Waals surface area contributed by atoms with E-state index in [1.165, 1.54) is 32.1 Å². The fourth-order valence-corrected chi connectivity index (χ4v) is 5.50. The standard InChI is InChI=1S/C25H38N4O4/c26-24(27)29-21-10-6-9-20(16-21)28-22(30)15-18-11-13-25(14-12-18,33-17-23(31)32)19-7-4-2-1-3-5-8-19/h6,9-10,16,18-19H,1-5,7-8,11-15,17H2,(H,28,30)(H,31,32)(H4,26,27,29). The van der Waals surface area contributed by atoms with Crippen molar-refractivity contribution in [3.63, 3.8) is 0 Å². The molecule has 0 aromatic heterocycles. The van der Waals surface area contributed by atoms with Crippen LogP contribution in [0.25, 0.3) is 0 Å². The third-order valence-corrected chi connectivity index (χ3v) is 7.15. The summed E-state index contributed by atoms with van der Waals surface area (Å²) >= 11 is 0. The number of ether oxygens (including phenoxy) is 1. The molecule has 0 bridgehead atoms. The maximum atomic E-state index is 12.7. The minimum atomic E-state index is -0.912. The van der Waals surface area contributed by atoms with E-state index >= 15 is 0 Å². The molecule has 0 atom stereocenters. The summed E-state index contributed by atoms with van der Waals surface area (Å²) in [6, 6.07) is 7.10. The number of hydrogen-bond donors (Lipinski definition) is 4. The van der Waals surface area contributed by atoms with Crippen LogP contribution in [0.15, 0.2) is 29.3 Å². The number of aliphatic imine (C=N–C) groups is 1. The van der Waals surface area contributed by atoms with Crippen LogP contribution in [0, 0.1) is 11.8 Å². The zero-order chi connectivity index (χ0) is 23.7. The number of carboxylic acids is 1. The fourth-order valence-electron chi connectivity index (χ4n) is 5.50. The van der Waals surface area contributed by atoms with Crippen LogP contribution >= 0.6 is 0 Å². The highest BCUT2D eigenvalue weighted by Gasteiger charge is 2.43. The van der Waals surface area contributed by atoms with Crippen molar-refractivity contribution in [1.82, 2.24) is 0 Å². The number of carbonyl (C=O) groups is 2. The molecule has 6 N–H and O–H groups in total. The minimum Gasteiger partial charge on any atom is -0.480 e. The van der Waals surface area contributed by atoms with Gasteiger partial charge in [-0.15, -0.1) is 0 Å². The Kier molecular flexibility index (Phi) is 9.11. The number of hydrogen-bond acceptors (Lipinski definition) is 4. The van der Waals surface area contributed by atoms with E-state index in [1.54, 1.807) is 18.2 Å². The molecule has 2 aliphatic carbocycles.